The van der Waals surface area contributed by atoms with Crippen molar-refractivity contribution in [2.45, 2.75) is 90.5 Å². The molecule has 0 aliphatic carbocycles. The van der Waals surface area contributed by atoms with E-state index < -0.39 is 0 Å². The first-order chi connectivity index (χ1) is 8.52. The first-order valence-corrected chi connectivity index (χ1v) is 8.33. The van der Waals surface area contributed by atoms with Gasteiger partial charge in [-0.15, -0.1) is 0 Å². The van der Waals surface area contributed by atoms with Crippen LogP contribution in [0.5, 0.6) is 0 Å². The smallest absolute Gasteiger partial charge is 0.0881 e. The normalized spacial score (nSPS) is 13.1. The molecule has 0 aromatic carbocycles. The third kappa shape index (κ3) is 13.2. The molecule has 0 rings (SSSR count). The molecule has 1 unspecified atom stereocenters. The topological polar surface area (TPSA) is 0 Å². The Kier molecular flexibility index (Phi) is 15.4. The minimum Gasteiger partial charge on any atom is -1.00 e. The standard InChI is InChI=1S/C17H38N.BrH/c1-6-8-9-10-11-12-13-14-15-16-17(7-2)18(3,4)5;/h17H,6-16H2,1-5H3;1H/q+1;/p-1. The molecular weight excluding hydrogens is 298 g/mol. The molecule has 0 spiro atoms. The Balaban J connectivity index is 0. The predicted molar refractivity (Wildman–Crippen MR) is 84.0 cm³/mol. The van der Waals surface area contributed by atoms with Crippen LogP contribution in [0.25, 0.3) is 0 Å². The van der Waals surface area contributed by atoms with Crippen LogP contribution in [0, 0.1) is 0 Å². The van der Waals surface area contributed by atoms with Crippen molar-refractivity contribution >= 4 is 0 Å². The first kappa shape index (κ1) is 21.7. The monoisotopic (exact) mass is 335 g/mol. The summed E-state index contributed by atoms with van der Waals surface area (Å²) in [6, 6.07) is 0.856. The van der Waals surface area contributed by atoms with Gasteiger partial charge in [0.1, 0.15) is 0 Å². The molecule has 0 aliphatic heterocycles. The van der Waals surface area contributed by atoms with Crippen molar-refractivity contribution in [2.75, 3.05) is 21.1 Å². The predicted octanol–water partition coefficient (Wildman–Crippen LogP) is 2.40. The van der Waals surface area contributed by atoms with Gasteiger partial charge in [-0.25, -0.2) is 0 Å². The van der Waals surface area contributed by atoms with Crippen LogP contribution in [0.3, 0.4) is 0 Å². The molecule has 0 N–H and O–H groups in total. The fourth-order valence-electron chi connectivity index (χ4n) is 2.83. The van der Waals surface area contributed by atoms with E-state index in [4.69, 9.17) is 0 Å². The number of halogens is 1. The average Bonchev–Trinajstić information content (AvgIpc) is 2.30. The van der Waals surface area contributed by atoms with Gasteiger partial charge in [0, 0.05) is 0 Å². The zero-order valence-corrected chi connectivity index (χ0v) is 15.8. The van der Waals surface area contributed by atoms with E-state index in [1.54, 1.807) is 0 Å². The minimum absolute atomic E-state index is 0. The number of unbranched alkanes of at least 4 members (excludes halogenated alkanes) is 8. The van der Waals surface area contributed by atoms with Crippen LogP contribution in [0.15, 0.2) is 0 Å². The minimum atomic E-state index is 0. The molecule has 0 saturated carbocycles. The molecule has 0 aromatic rings. The molecule has 0 saturated heterocycles. The van der Waals surface area contributed by atoms with Crippen LogP contribution in [0.2, 0.25) is 0 Å². The quantitative estimate of drug-likeness (QED) is 0.379. The van der Waals surface area contributed by atoms with E-state index in [-0.39, 0.29) is 17.0 Å². The highest BCUT2D eigenvalue weighted by Crippen LogP contribution is 2.17. The summed E-state index contributed by atoms with van der Waals surface area (Å²) < 4.78 is 1.13. The Morgan fingerprint density at radius 3 is 1.47 bits per heavy atom. The average molecular weight is 336 g/mol. The summed E-state index contributed by atoms with van der Waals surface area (Å²) in [4.78, 5) is 0. The highest BCUT2D eigenvalue weighted by Gasteiger charge is 2.20. The van der Waals surface area contributed by atoms with Crippen molar-refractivity contribution < 1.29 is 21.5 Å². The summed E-state index contributed by atoms with van der Waals surface area (Å²) in [6.07, 6.45) is 15.7. The maximum atomic E-state index is 2.34. The number of hydrogen-bond acceptors (Lipinski definition) is 0. The highest BCUT2D eigenvalue weighted by molar-refractivity contribution is 4.56. The Hall–Kier alpha value is 0.440. The van der Waals surface area contributed by atoms with Gasteiger partial charge in [0.2, 0.25) is 0 Å². The van der Waals surface area contributed by atoms with Crippen LogP contribution in [-0.4, -0.2) is 31.7 Å². The zero-order chi connectivity index (χ0) is 13.9. The lowest BCUT2D eigenvalue weighted by Crippen LogP contribution is -3.00. The third-order valence-corrected chi connectivity index (χ3v) is 4.21. The second-order valence-corrected chi connectivity index (χ2v) is 6.80. The third-order valence-electron chi connectivity index (χ3n) is 4.21. The molecule has 2 heteroatoms. The van der Waals surface area contributed by atoms with Crippen molar-refractivity contribution in [1.82, 2.24) is 0 Å². The molecule has 0 heterocycles. The number of rotatable bonds is 12. The molecule has 1 atom stereocenters. The maximum Gasteiger partial charge on any atom is 0.0881 e. The van der Waals surface area contributed by atoms with E-state index in [1.807, 2.05) is 0 Å². The molecule has 1 nitrogen and oxygen atoms in total. The van der Waals surface area contributed by atoms with E-state index in [0.717, 1.165) is 10.5 Å². The van der Waals surface area contributed by atoms with Gasteiger partial charge in [-0.2, -0.15) is 0 Å². The van der Waals surface area contributed by atoms with E-state index >= 15 is 0 Å². The van der Waals surface area contributed by atoms with Crippen LogP contribution in [0.1, 0.15) is 84.5 Å². The van der Waals surface area contributed by atoms with Crippen molar-refractivity contribution in [3.63, 3.8) is 0 Å². The second kappa shape index (κ2) is 13.4. The van der Waals surface area contributed by atoms with Crippen LogP contribution < -0.4 is 17.0 Å². The van der Waals surface area contributed by atoms with Crippen LogP contribution >= 0.6 is 0 Å². The van der Waals surface area contributed by atoms with Gasteiger partial charge in [-0.3, -0.25) is 0 Å². The summed E-state index contributed by atoms with van der Waals surface area (Å²) in [5, 5.41) is 0. The van der Waals surface area contributed by atoms with E-state index in [9.17, 15) is 0 Å². The lowest BCUT2D eigenvalue weighted by atomic mass is 10.0. The van der Waals surface area contributed by atoms with E-state index in [1.165, 1.54) is 70.6 Å². The summed E-state index contributed by atoms with van der Waals surface area (Å²) in [5.41, 5.74) is 0. The summed E-state index contributed by atoms with van der Waals surface area (Å²) in [5.74, 6) is 0. The molecule has 0 radical (unpaired) electrons. The van der Waals surface area contributed by atoms with Gasteiger partial charge in [0.05, 0.1) is 27.2 Å². The highest BCUT2D eigenvalue weighted by atomic mass is 79.9. The number of hydrogen-bond donors (Lipinski definition) is 0. The van der Waals surface area contributed by atoms with Gasteiger partial charge in [-0.1, -0.05) is 65.2 Å². The fourth-order valence-corrected chi connectivity index (χ4v) is 2.83. The van der Waals surface area contributed by atoms with Gasteiger partial charge in [0.25, 0.3) is 0 Å². The van der Waals surface area contributed by atoms with Gasteiger partial charge in [-0.05, 0) is 19.3 Å². The first-order valence-electron chi connectivity index (χ1n) is 8.33. The zero-order valence-electron chi connectivity index (χ0n) is 14.2. The van der Waals surface area contributed by atoms with E-state index in [0.29, 0.717) is 0 Å². The Labute approximate surface area is 133 Å². The molecule has 0 amide bonds. The van der Waals surface area contributed by atoms with Crippen molar-refractivity contribution in [1.29, 1.82) is 0 Å². The molecule has 118 valence electrons. The maximum absolute atomic E-state index is 2.34. The SMILES string of the molecule is CCCCCCCCCCCC(CC)[N+](C)(C)C.[Br-]. The molecule has 0 aliphatic rings. The number of nitrogens with zero attached hydrogens (tertiary/aromatic N) is 1. The Morgan fingerprint density at radius 2 is 1.11 bits per heavy atom. The van der Waals surface area contributed by atoms with Crippen molar-refractivity contribution in [3.8, 4) is 0 Å². The lowest BCUT2D eigenvalue weighted by Gasteiger charge is -2.33. The molecule has 0 bridgehead atoms. The van der Waals surface area contributed by atoms with Gasteiger partial charge < -0.3 is 21.5 Å². The largest absolute Gasteiger partial charge is 1.00 e. The van der Waals surface area contributed by atoms with Gasteiger partial charge >= 0.3 is 0 Å². The van der Waals surface area contributed by atoms with Crippen LogP contribution in [0.4, 0.5) is 0 Å². The fraction of sp³-hybridized carbons (Fsp3) is 1.00. The molecule has 19 heavy (non-hydrogen) atoms. The van der Waals surface area contributed by atoms with E-state index in [2.05, 4.69) is 35.0 Å². The number of quaternary nitrogens is 1. The lowest BCUT2D eigenvalue weighted by molar-refractivity contribution is -0.896. The molecule has 0 aromatic heterocycles. The molecular formula is C17H38BrN. The summed E-state index contributed by atoms with van der Waals surface area (Å²) in [6.45, 7) is 4.62. The summed E-state index contributed by atoms with van der Waals surface area (Å²) in [7, 11) is 7.01. The second-order valence-electron chi connectivity index (χ2n) is 6.80. The Morgan fingerprint density at radius 1 is 0.684 bits per heavy atom. The van der Waals surface area contributed by atoms with Crippen molar-refractivity contribution in [3.05, 3.63) is 0 Å². The summed E-state index contributed by atoms with van der Waals surface area (Å²) >= 11 is 0. The van der Waals surface area contributed by atoms with Crippen molar-refractivity contribution in [2.24, 2.45) is 0 Å². The van der Waals surface area contributed by atoms with Crippen LogP contribution in [-0.2, 0) is 0 Å². The Bertz CT molecular complexity index is 175. The molecule has 0 fully saturated rings. The van der Waals surface area contributed by atoms with Gasteiger partial charge in [0.15, 0.2) is 0 Å².